The summed E-state index contributed by atoms with van der Waals surface area (Å²) >= 11 is 0. The predicted molar refractivity (Wildman–Crippen MR) is 146 cm³/mol. The Kier molecular flexibility index (Phi) is 16.6. The van der Waals surface area contributed by atoms with E-state index in [1.54, 1.807) is 0 Å². The molecule has 0 aliphatic carbocycles. The van der Waals surface area contributed by atoms with Crippen molar-refractivity contribution in [1.29, 1.82) is 0 Å². The van der Waals surface area contributed by atoms with E-state index in [-0.39, 0.29) is 43.7 Å². The first-order valence-electron chi connectivity index (χ1n) is 12.7. The monoisotopic (exact) mass is 583 g/mol. The summed E-state index contributed by atoms with van der Waals surface area (Å²) < 4.78 is 0. The van der Waals surface area contributed by atoms with Gasteiger partial charge in [0.25, 0.3) is 0 Å². The van der Waals surface area contributed by atoms with Gasteiger partial charge in [-0.2, -0.15) is 0 Å². The van der Waals surface area contributed by atoms with Crippen molar-refractivity contribution >= 4 is 47.3 Å². The van der Waals surface area contributed by atoms with E-state index in [0.29, 0.717) is 0 Å². The van der Waals surface area contributed by atoms with Gasteiger partial charge in [-0.3, -0.25) is 38.4 Å². The Balaban J connectivity index is 5.17. The maximum atomic E-state index is 12.8. The number of rotatable bonds is 20. The summed E-state index contributed by atoms with van der Waals surface area (Å²) in [6.07, 6.45) is -0.736. The highest BCUT2D eigenvalue weighted by Crippen LogP contribution is 2.07. The second-order valence-electron chi connectivity index (χ2n) is 9.60. The van der Waals surface area contributed by atoms with Gasteiger partial charge in [-0.25, -0.2) is 0 Å². The lowest BCUT2D eigenvalue weighted by atomic mass is 10.0. The summed E-state index contributed by atoms with van der Waals surface area (Å²) in [5.41, 5.74) is 20.7. The number of primary amides is 3. The zero-order valence-corrected chi connectivity index (χ0v) is 23.2. The van der Waals surface area contributed by atoms with E-state index in [1.807, 2.05) is 13.8 Å². The maximum Gasteiger partial charge on any atom is 0.247 e. The van der Waals surface area contributed by atoms with Crippen molar-refractivity contribution in [2.24, 2.45) is 28.9 Å². The minimum absolute atomic E-state index is 0.0216. The van der Waals surface area contributed by atoms with Crippen molar-refractivity contribution in [3.05, 3.63) is 12.2 Å². The molecule has 0 spiro atoms. The maximum absolute atomic E-state index is 12.8. The molecule has 17 heteroatoms. The van der Waals surface area contributed by atoms with Gasteiger partial charge in [-0.05, 0) is 25.2 Å². The molecular weight excluding hydrogens is 542 g/mol. The van der Waals surface area contributed by atoms with Gasteiger partial charge in [0.1, 0.15) is 12.1 Å². The highest BCUT2D eigenvalue weighted by atomic mass is 16.2. The first kappa shape index (κ1) is 36.5. The van der Waals surface area contributed by atoms with Crippen LogP contribution in [0.2, 0.25) is 0 Å². The van der Waals surface area contributed by atoms with Crippen molar-refractivity contribution in [2.75, 3.05) is 19.6 Å². The van der Waals surface area contributed by atoms with Crippen molar-refractivity contribution in [3.8, 4) is 0 Å². The van der Waals surface area contributed by atoms with Crippen LogP contribution in [0.25, 0.3) is 0 Å². The lowest BCUT2D eigenvalue weighted by Gasteiger charge is -2.21. The summed E-state index contributed by atoms with van der Waals surface area (Å²) in [6, 6.07) is -3.57. The lowest BCUT2D eigenvalue weighted by Crippen LogP contribution is -2.52. The van der Waals surface area contributed by atoms with E-state index in [4.69, 9.17) is 22.9 Å². The number of hydrogen-bond acceptors (Lipinski definition) is 9. The molecule has 3 atom stereocenters. The van der Waals surface area contributed by atoms with Crippen LogP contribution in [0, 0.1) is 5.92 Å². The molecule has 13 N–H and O–H groups in total. The average molecular weight is 584 g/mol. The van der Waals surface area contributed by atoms with Crippen LogP contribution >= 0.6 is 0 Å². The number of nitrogens with one attached hydrogen (secondary N) is 5. The fraction of sp³-hybridized carbons (Fsp3) is 0.583. The molecule has 8 amide bonds. The lowest BCUT2D eigenvalue weighted by molar-refractivity contribution is -0.131. The Morgan fingerprint density at radius 3 is 1.80 bits per heavy atom. The topological polar surface area (TPSA) is 301 Å². The molecule has 0 unspecified atom stereocenters. The highest BCUT2D eigenvalue weighted by Gasteiger charge is 2.26. The third-order valence-corrected chi connectivity index (χ3v) is 5.32. The van der Waals surface area contributed by atoms with E-state index in [2.05, 4.69) is 33.2 Å². The Morgan fingerprint density at radius 2 is 1.27 bits per heavy atom. The molecule has 0 radical (unpaired) electrons. The summed E-state index contributed by atoms with van der Waals surface area (Å²) in [4.78, 5) is 94.9. The molecular formula is C24H41N9O8. The fourth-order valence-corrected chi connectivity index (χ4v) is 3.24. The largest absolute Gasteiger partial charge is 0.370 e. The van der Waals surface area contributed by atoms with Crippen LogP contribution in [0.15, 0.2) is 12.2 Å². The molecule has 41 heavy (non-hydrogen) atoms. The molecule has 17 nitrogen and oxygen atoms in total. The number of amides is 8. The van der Waals surface area contributed by atoms with Gasteiger partial charge in [0.05, 0.1) is 25.6 Å². The summed E-state index contributed by atoms with van der Waals surface area (Å²) in [7, 11) is 0. The number of carbonyl (C=O) groups excluding carboxylic acids is 8. The van der Waals surface area contributed by atoms with E-state index >= 15 is 0 Å². The Hall–Kier alpha value is -4.54. The molecule has 0 aliphatic rings. The van der Waals surface area contributed by atoms with Crippen LogP contribution in [-0.4, -0.2) is 85.0 Å². The zero-order valence-electron chi connectivity index (χ0n) is 23.2. The molecule has 0 saturated carbocycles. The average Bonchev–Trinajstić information content (AvgIpc) is 2.86. The van der Waals surface area contributed by atoms with Gasteiger partial charge < -0.3 is 49.5 Å². The second-order valence-corrected chi connectivity index (χ2v) is 9.60. The molecule has 0 heterocycles. The zero-order chi connectivity index (χ0) is 31.7. The van der Waals surface area contributed by atoms with E-state index in [9.17, 15) is 38.4 Å². The number of nitrogens with two attached hydrogens (primary N) is 4. The third-order valence-electron chi connectivity index (χ3n) is 5.32. The molecule has 230 valence electrons. The quantitative estimate of drug-likeness (QED) is 0.0620. The normalized spacial score (nSPS) is 12.7. The third kappa shape index (κ3) is 16.9. The second kappa shape index (κ2) is 18.7. The van der Waals surface area contributed by atoms with Gasteiger partial charge in [0.2, 0.25) is 47.3 Å². The summed E-state index contributed by atoms with van der Waals surface area (Å²) in [5.74, 6) is -5.80. The van der Waals surface area contributed by atoms with Crippen LogP contribution in [-0.2, 0) is 38.4 Å². The van der Waals surface area contributed by atoms with Crippen LogP contribution < -0.4 is 49.5 Å². The van der Waals surface area contributed by atoms with Crippen molar-refractivity contribution in [3.63, 3.8) is 0 Å². The SMILES string of the molecule is C=C(CCNC(=O)[C@@H](CCC(=O)NCC(N)=O)NC(=O)[C@@H](N)CC(N)=O)C(=O)N[C@@H](CC(C)C)C(=O)NCC(N)=O. The number of carbonyl (C=O) groups is 8. The van der Waals surface area contributed by atoms with Crippen LogP contribution in [0.4, 0.5) is 0 Å². The van der Waals surface area contributed by atoms with Gasteiger partial charge in [-0.15, -0.1) is 0 Å². The van der Waals surface area contributed by atoms with Gasteiger partial charge in [0.15, 0.2) is 0 Å². The van der Waals surface area contributed by atoms with E-state index < -0.39 is 84.9 Å². The predicted octanol–water partition coefficient (Wildman–Crippen LogP) is -4.75. The first-order chi connectivity index (χ1) is 19.0. The van der Waals surface area contributed by atoms with Crippen LogP contribution in [0.1, 0.15) is 46.0 Å². The van der Waals surface area contributed by atoms with Crippen molar-refractivity contribution in [1.82, 2.24) is 26.6 Å². The molecule has 0 aliphatic heterocycles. The molecule has 0 aromatic carbocycles. The summed E-state index contributed by atoms with van der Waals surface area (Å²) in [5, 5.41) is 12.0. The Bertz CT molecular complexity index is 1020. The summed E-state index contributed by atoms with van der Waals surface area (Å²) in [6.45, 7) is 6.42. The molecule has 0 saturated heterocycles. The minimum Gasteiger partial charge on any atom is -0.370 e. The van der Waals surface area contributed by atoms with E-state index in [1.165, 1.54) is 0 Å². The molecule has 0 aromatic rings. The van der Waals surface area contributed by atoms with Gasteiger partial charge in [0, 0.05) is 18.5 Å². The van der Waals surface area contributed by atoms with Gasteiger partial charge >= 0.3 is 0 Å². The standard InChI is InChI=1S/C24H41N9O8/c1-12(2)8-16(24(41)31-11-19(28)36)33-21(38)13(3)6-7-29-23(40)15(4-5-20(37)30-10-18(27)35)32-22(39)14(25)9-17(26)34/h12,14-16H,3-11,25H2,1-2H3,(H2,26,34)(H2,27,35)(H2,28,36)(H,29,40)(H,30,37)(H,31,41)(H,32,39)(H,33,38)/t14-,15+,16-/m0/s1. The smallest absolute Gasteiger partial charge is 0.247 e. The molecule has 0 bridgehead atoms. The van der Waals surface area contributed by atoms with Crippen LogP contribution in [0.5, 0.6) is 0 Å². The molecule has 0 fully saturated rings. The number of hydrogen-bond donors (Lipinski definition) is 9. The molecule has 0 aromatic heterocycles. The Morgan fingerprint density at radius 1 is 0.707 bits per heavy atom. The fourth-order valence-electron chi connectivity index (χ4n) is 3.24. The molecule has 0 rings (SSSR count). The van der Waals surface area contributed by atoms with Crippen molar-refractivity contribution < 1.29 is 38.4 Å². The van der Waals surface area contributed by atoms with Crippen LogP contribution in [0.3, 0.4) is 0 Å². The minimum atomic E-state index is -1.34. The highest BCUT2D eigenvalue weighted by molar-refractivity contribution is 5.97. The van der Waals surface area contributed by atoms with E-state index in [0.717, 1.165) is 0 Å². The first-order valence-corrected chi connectivity index (χ1v) is 12.7. The van der Waals surface area contributed by atoms with Crippen molar-refractivity contribution in [2.45, 2.75) is 64.1 Å². The van der Waals surface area contributed by atoms with Gasteiger partial charge in [-0.1, -0.05) is 20.4 Å². The Labute approximate surface area is 237 Å².